The monoisotopic (exact) mass is 255 g/mol. The van der Waals surface area contributed by atoms with E-state index in [0.717, 1.165) is 10.2 Å². The third-order valence-corrected chi connectivity index (χ3v) is 2.88. The zero-order valence-corrected chi connectivity index (χ0v) is 9.35. The number of nitrogens with one attached hydrogen (secondary N) is 1. The molecule has 0 unspecified atom stereocenters. The molecule has 0 saturated carbocycles. The Labute approximate surface area is 90.6 Å². The molecule has 1 N–H and O–H groups in total. The number of anilines is 1. The third kappa shape index (κ3) is 1.50. The van der Waals surface area contributed by atoms with Gasteiger partial charge < -0.3 is 10.1 Å². The number of methoxy groups -OCH3 is 1. The number of carbonyl (C=O) groups excluding carboxylic acids is 1. The molecule has 0 atom stereocenters. The van der Waals surface area contributed by atoms with E-state index in [1.54, 1.807) is 13.2 Å². The minimum absolute atomic E-state index is 0.165. The second-order valence-electron chi connectivity index (χ2n) is 3.13. The normalized spacial score (nSPS) is 14.6. The van der Waals surface area contributed by atoms with Crippen LogP contribution in [0.15, 0.2) is 16.6 Å². The Kier molecular flexibility index (Phi) is 2.46. The van der Waals surface area contributed by atoms with E-state index in [-0.39, 0.29) is 5.78 Å². The van der Waals surface area contributed by atoms with Crippen LogP contribution in [-0.2, 0) is 0 Å². The fourth-order valence-corrected chi connectivity index (χ4v) is 2.11. The van der Waals surface area contributed by atoms with Crippen LogP contribution >= 0.6 is 15.9 Å². The van der Waals surface area contributed by atoms with E-state index in [1.807, 2.05) is 6.07 Å². The number of hydrogen-bond donors (Lipinski definition) is 1. The number of Topliss-reactive ketones (excluding diaryl/α,β-unsaturated/α-hetero) is 1. The van der Waals surface area contributed by atoms with Gasteiger partial charge >= 0.3 is 0 Å². The molecule has 4 heteroatoms. The molecule has 1 aliphatic heterocycles. The first-order valence-electron chi connectivity index (χ1n) is 4.37. The van der Waals surface area contributed by atoms with E-state index in [9.17, 15) is 4.79 Å². The smallest absolute Gasteiger partial charge is 0.166 e. The fraction of sp³-hybridized carbons (Fsp3) is 0.300. The number of fused-ring (bicyclic) bond motifs is 1. The molecule has 1 aromatic rings. The second kappa shape index (κ2) is 3.61. The zero-order valence-electron chi connectivity index (χ0n) is 7.76. The standard InChI is InChI=1S/C10H10BrNO2/c1-14-6-4-7-9(13)2-3-12-10(7)8(11)5-6/h4-5,12H,2-3H2,1H3. The highest BCUT2D eigenvalue weighted by molar-refractivity contribution is 9.10. The van der Waals surface area contributed by atoms with Crippen LogP contribution in [0.4, 0.5) is 5.69 Å². The van der Waals surface area contributed by atoms with E-state index in [4.69, 9.17) is 4.74 Å². The maximum Gasteiger partial charge on any atom is 0.166 e. The van der Waals surface area contributed by atoms with Crippen molar-refractivity contribution in [1.29, 1.82) is 0 Å². The van der Waals surface area contributed by atoms with Crippen molar-refractivity contribution in [3.63, 3.8) is 0 Å². The predicted octanol–water partition coefficient (Wildman–Crippen LogP) is 2.46. The summed E-state index contributed by atoms with van der Waals surface area (Å²) in [5.41, 5.74) is 1.59. The van der Waals surface area contributed by atoms with Crippen LogP contribution in [0, 0.1) is 0 Å². The van der Waals surface area contributed by atoms with Gasteiger partial charge in [0.25, 0.3) is 0 Å². The summed E-state index contributed by atoms with van der Waals surface area (Å²) < 4.78 is 5.97. The topological polar surface area (TPSA) is 38.3 Å². The molecule has 0 aliphatic carbocycles. The van der Waals surface area contributed by atoms with Gasteiger partial charge in [0, 0.05) is 23.0 Å². The zero-order chi connectivity index (χ0) is 10.1. The summed E-state index contributed by atoms with van der Waals surface area (Å²) in [6.07, 6.45) is 0.548. The molecule has 2 rings (SSSR count). The van der Waals surface area contributed by atoms with E-state index in [2.05, 4.69) is 21.2 Å². The predicted molar refractivity (Wildman–Crippen MR) is 58.1 cm³/mol. The summed E-state index contributed by atoms with van der Waals surface area (Å²) in [5.74, 6) is 0.867. The van der Waals surface area contributed by atoms with Gasteiger partial charge in [0.1, 0.15) is 5.75 Å². The highest BCUT2D eigenvalue weighted by Gasteiger charge is 2.19. The van der Waals surface area contributed by atoms with Gasteiger partial charge in [-0.3, -0.25) is 4.79 Å². The van der Waals surface area contributed by atoms with Gasteiger partial charge in [-0.2, -0.15) is 0 Å². The average molecular weight is 256 g/mol. The summed E-state index contributed by atoms with van der Waals surface area (Å²) in [4.78, 5) is 11.6. The Balaban J connectivity index is 2.57. The van der Waals surface area contributed by atoms with E-state index in [1.165, 1.54) is 0 Å². The highest BCUT2D eigenvalue weighted by atomic mass is 79.9. The molecule has 1 heterocycles. The van der Waals surface area contributed by atoms with Crippen LogP contribution < -0.4 is 10.1 Å². The van der Waals surface area contributed by atoms with E-state index in [0.29, 0.717) is 24.3 Å². The van der Waals surface area contributed by atoms with Gasteiger partial charge in [-0.1, -0.05) is 0 Å². The molecule has 1 aromatic carbocycles. The number of benzene rings is 1. The van der Waals surface area contributed by atoms with Crippen molar-refractivity contribution in [2.24, 2.45) is 0 Å². The van der Waals surface area contributed by atoms with Crippen molar-refractivity contribution in [2.45, 2.75) is 6.42 Å². The average Bonchev–Trinajstić information content (AvgIpc) is 2.19. The first-order valence-corrected chi connectivity index (χ1v) is 5.16. The van der Waals surface area contributed by atoms with Gasteiger partial charge in [0.2, 0.25) is 0 Å². The Morgan fingerprint density at radius 1 is 1.50 bits per heavy atom. The van der Waals surface area contributed by atoms with Crippen LogP contribution in [0.5, 0.6) is 5.75 Å². The van der Waals surface area contributed by atoms with Crippen LogP contribution in [0.25, 0.3) is 0 Å². The molecule has 0 spiro atoms. The maximum absolute atomic E-state index is 11.6. The third-order valence-electron chi connectivity index (χ3n) is 2.25. The number of hydrogen-bond acceptors (Lipinski definition) is 3. The molecule has 3 nitrogen and oxygen atoms in total. The molecule has 0 amide bonds. The first kappa shape index (κ1) is 9.52. The molecular formula is C10H10BrNO2. The lowest BCUT2D eigenvalue weighted by Crippen LogP contribution is -2.18. The molecule has 0 saturated heterocycles. The van der Waals surface area contributed by atoms with Crippen LogP contribution in [-0.4, -0.2) is 19.4 Å². The summed E-state index contributed by atoms with van der Waals surface area (Å²) in [7, 11) is 1.59. The first-order chi connectivity index (χ1) is 6.72. The Morgan fingerprint density at radius 3 is 3.00 bits per heavy atom. The van der Waals surface area contributed by atoms with Gasteiger partial charge in [-0.15, -0.1) is 0 Å². The minimum Gasteiger partial charge on any atom is -0.497 e. The maximum atomic E-state index is 11.6. The molecule has 74 valence electrons. The molecule has 14 heavy (non-hydrogen) atoms. The molecular weight excluding hydrogens is 246 g/mol. The molecule has 0 fully saturated rings. The summed E-state index contributed by atoms with van der Waals surface area (Å²) in [6.45, 7) is 0.705. The largest absolute Gasteiger partial charge is 0.497 e. The van der Waals surface area contributed by atoms with Crippen molar-refractivity contribution in [3.05, 3.63) is 22.2 Å². The van der Waals surface area contributed by atoms with Crippen molar-refractivity contribution < 1.29 is 9.53 Å². The fourth-order valence-electron chi connectivity index (χ4n) is 1.53. The lowest BCUT2D eigenvalue weighted by molar-refractivity contribution is 0.0983. The molecule has 0 bridgehead atoms. The van der Waals surface area contributed by atoms with Gasteiger partial charge in [-0.05, 0) is 28.1 Å². The molecule has 1 aliphatic rings. The number of rotatable bonds is 1. The number of halogens is 1. The lowest BCUT2D eigenvalue weighted by Gasteiger charge is -2.19. The van der Waals surface area contributed by atoms with Gasteiger partial charge in [-0.25, -0.2) is 0 Å². The second-order valence-corrected chi connectivity index (χ2v) is 3.99. The Morgan fingerprint density at radius 2 is 2.29 bits per heavy atom. The number of ketones is 1. The molecule has 0 radical (unpaired) electrons. The van der Waals surface area contributed by atoms with E-state index < -0.39 is 0 Å². The van der Waals surface area contributed by atoms with Crippen molar-refractivity contribution >= 4 is 27.4 Å². The lowest BCUT2D eigenvalue weighted by atomic mass is 10.0. The Bertz CT molecular complexity index is 390. The SMILES string of the molecule is COc1cc(Br)c2c(c1)C(=O)CCN2. The Hall–Kier alpha value is -1.03. The van der Waals surface area contributed by atoms with Crippen LogP contribution in [0.2, 0.25) is 0 Å². The number of carbonyl (C=O) groups is 1. The summed E-state index contributed by atoms with van der Waals surface area (Å²) in [6, 6.07) is 3.62. The van der Waals surface area contributed by atoms with Crippen molar-refractivity contribution in [2.75, 3.05) is 19.0 Å². The van der Waals surface area contributed by atoms with Gasteiger partial charge in [0.15, 0.2) is 5.78 Å². The quantitative estimate of drug-likeness (QED) is 0.838. The van der Waals surface area contributed by atoms with Gasteiger partial charge in [0.05, 0.1) is 12.8 Å². The van der Waals surface area contributed by atoms with Crippen molar-refractivity contribution in [1.82, 2.24) is 0 Å². The van der Waals surface area contributed by atoms with Crippen LogP contribution in [0.3, 0.4) is 0 Å². The molecule has 0 aromatic heterocycles. The van der Waals surface area contributed by atoms with Crippen LogP contribution in [0.1, 0.15) is 16.8 Å². The van der Waals surface area contributed by atoms with Crippen molar-refractivity contribution in [3.8, 4) is 5.75 Å². The highest BCUT2D eigenvalue weighted by Crippen LogP contribution is 2.34. The summed E-state index contributed by atoms with van der Waals surface area (Å²) >= 11 is 3.41. The summed E-state index contributed by atoms with van der Waals surface area (Å²) in [5, 5.41) is 3.19. The minimum atomic E-state index is 0.165. The number of ether oxygens (including phenoxy) is 1. The van der Waals surface area contributed by atoms with E-state index >= 15 is 0 Å².